The number of likely N-dealkylation sites (tertiary alicyclic amines) is 1. The molecule has 170 valence electrons. The maximum atomic E-state index is 12.8. The number of aliphatic hydroxyl groups is 1. The molecule has 2 aromatic heterocycles. The first kappa shape index (κ1) is 21.4. The minimum atomic E-state index is -3.51. The predicted octanol–water partition coefficient (Wildman–Crippen LogP) is 1.64. The van der Waals surface area contributed by atoms with Gasteiger partial charge in [-0.25, -0.2) is 8.42 Å². The number of benzene rings is 1. The van der Waals surface area contributed by atoms with Crippen LogP contribution in [0.3, 0.4) is 0 Å². The lowest BCUT2D eigenvalue weighted by Crippen LogP contribution is -2.66. The van der Waals surface area contributed by atoms with E-state index in [0.717, 1.165) is 53.1 Å². The molecule has 1 saturated heterocycles. The molecule has 1 spiro atoms. The number of sulfonamides is 1. The number of rotatable bonds is 5. The Kier molecular flexibility index (Phi) is 5.05. The van der Waals surface area contributed by atoms with Gasteiger partial charge in [0, 0.05) is 68.2 Å². The third kappa shape index (κ3) is 3.23. The number of hydrogen-bond donors (Lipinski definition) is 1. The minimum Gasteiger partial charge on any atom is -0.497 e. The molecule has 1 fully saturated rings. The molecule has 4 heterocycles. The van der Waals surface area contributed by atoms with Crippen LogP contribution in [-0.4, -0.2) is 71.9 Å². The molecule has 1 aromatic carbocycles. The highest BCUT2D eigenvalue weighted by Gasteiger charge is 2.54. The van der Waals surface area contributed by atoms with Gasteiger partial charge in [0.05, 0.1) is 31.5 Å². The second-order valence-corrected chi connectivity index (χ2v) is 10.9. The van der Waals surface area contributed by atoms with Crippen LogP contribution in [0.15, 0.2) is 42.7 Å². The van der Waals surface area contributed by atoms with Gasteiger partial charge in [-0.05, 0) is 29.3 Å². The van der Waals surface area contributed by atoms with Gasteiger partial charge in [-0.3, -0.25) is 9.88 Å². The van der Waals surface area contributed by atoms with E-state index in [1.165, 1.54) is 10.6 Å². The minimum absolute atomic E-state index is 0.267. The number of aryl methyl sites for hydroxylation is 1. The van der Waals surface area contributed by atoms with E-state index < -0.39 is 16.1 Å². The van der Waals surface area contributed by atoms with Gasteiger partial charge < -0.3 is 14.4 Å². The third-order valence-corrected chi connectivity index (χ3v) is 8.12. The van der Waals surface area contributed by atoms with Crippen molar-refractivity contribution < 1.29 is 18.3 Å². The van der Waals surface area contributed by atoms with Crippen LogP contribution >= 0.6 is 0 Å². The molecule has 0 bridgehead atoms. The molecule has 0 saturated carbocycles. The van der Waals surface area contributed by atoms with Crippen LogP contribution in [0, 0.1) is 0 Å². The quantitative estimate of drug-likeness (QED) is 0.628. The van der Waals surface area contributed by atoms with E-state index in [9.17, 15) is 13.5 Å². The molecule has 0 unspecified atom stereocenters. The van der Waals surface area contributed by atoms with Crippen LogP contribution in [0.25, 0.3) is 10.9 Å². The Morgan fingerprint density at radius 3 is 2.66 bits per heavy atom. The Bertz CT molecular complexity index is 1270. The molecule has 0 amide bonds. The summed E-state index contributed by atoms with van der Waals surface area (Å²) in [4.78, 5) is 6.53. The lowest BCUT2D eigenvalue weighted by molar-refractivity contribution is 0.0192. The normalized spacial score (nSPS) is 20.9. The van der Waals surface area contributed by atoms with Gasteiger partial charge in [0.25, 0.3) is 0 Å². The Hall–Kier alpha value is -2.46. The third-order valence-electron chi connectivity index (χ3n) is 6.89. The summed E-state index contributed by atoms with van der Waals surface area (Å²) < 4.78 is 34.4. The second-order valence-electron chi connectivity index (χ2n) is 9.00. The predicted molar refractivity (Wildman–Crippen MR) is 122 cm³/mol. The van der Waals surface area contributed by atoms with Crippen LogP contribution in [0.1, 0.15) is 22.9 Å². The highest BCUT2D eigenvalue weighted by atomic mass is 32.2. The summed E-state index contributed by atoms with van der Waals surface area (Å²) in [5.41, 5.74) is 3.80. The first-order valence-corrected chi connectivity index (χ1v) is 12.5. The lowest BCUT2D eigenvalue weighted by atomic mass is 9.69. The molecule has 0 radical (unpaired) electrons. The Morgan fingerprint density at radius 1 is 1.25 bits per heavy atom. The van der Waals surface area contributed by atoms with Gasteiger partial charge in [0.15, 0.2) is 0 Å². The summed E-state index contributed by atoms with van der Waals surface area (Å²) in [6, 6.07) is 9.36. The highest BCUT2D eigenvalue weighted by Crippen LogP contribution is 2.50. The van der Waals surface area contributed by atoms with E-state index in [1.54, 1.807) is 13.3 Å². The van der Waals surface area contributed by atoms with Gasteiger partial charge in [-0.1, -0.05) is 6.07 Å². The number of pyridine rings is 1. The Balaban J connectivity index is 1.63. The molecule has 2 aliphatic heterocycles. The summed E-state index contributed by atoms with van der Waals surface area (Å²) in [5.74, 6) is 0.747. The van der Waals surface area contributed by atoms with Crippen molar-refractivity contribution in [3.63, 3.8) is 0 Å². The first-order valence-electron chi connectivity index (χ1n) is 10.6. The van der Waals surface area contributed by atoms with Crippen molar-refractivity contribution in [1.82, 2.24) is 18.8 Å². The molecule has 1 atom stereocenters. The lowest BCUT2D eigenvalue weighted by Gasteiger charge is -2.56. The van der Waals surface area contributed by atoms with Crippen molar-refractivity contribution in [2.45, 2.75) is 18.0 Å². The van der Waals surface area contributed by atoms with E-state index in [-0.39, 0.29) is 12.0 Å². The maximum Gasteiger partial charge on any atom is 0.211 e. The zero-order valence-corrected chi connectivity index (χ0v) is 19.3. The molecule has 2 aliphatic rings. The second kappa shape index (κ2) is 7.55. The van der Waals surface area contributed by atoms with Crippen molar-refractivity contribution in [2.24, 2.45) is 7.05 Å². The summed E-state index contributed by atoms with van der Waals surface area (Å²) in [5, 5.41) is 11.4. The van der Waals surface area contributed by atoms with Gasteiger partial charge in [0.2, 0.25) is 10.0 Å². The average molecular weight is 457 g/mol. The van der Waals surface area contributed by atoms with Gasteiger partial charge in [0.1, 0.15) is 5.75 Å². The summed E-state index contributed by atoms with van der Waals surface area (Å²) in [6.07, 6.45) is 4.86. The molecule has 5 rings (SSSR count). The Morgan fingerprint density at radius 2 is 2.03 bits per heavy atom. The molecule has 0 aliphatic carbocycles. The summed E-state index contributed by atoms with van der Waals surface area (Å²) in [6.45, 7) is 2.34. The van der Waals surface area contributed by atoms with Crippen molar-refractivity contribution in [2.75, 3.05) is 39.6 Å². The van der Waals surface area contributed by atoms with Crippen molar-refractivity contribution >= 4 is 20.9 Å². The number of hydrogen-bond acceptors (Lipinski definition) is 6. The highest BCUT2D eigenvalue weighted by molar-refractivity contribution is 7.88. The van der Waals surface area contributed by atoms with E-state index in [1.807, 2.05) is 36.0 Å². The number of nitrogens with zero attached hydrogens (tertiary/aromatic N) is 4. The van der Waals surface area contributed by atoms with Crippen LogP contribution in [0.5, 0.6) is 5.75 Å². The summed E-state index contributed by atoms with van der Waals surface area (Å²) in [7, 11) is 0.0602. The topological polar surface area (TPSA) is 87.9 Å². The van der Waals surface area contributed by atoms with Gasteiger partial charge in [-0.2, -0.15) is 4.31 Å². The zero-order chi connectivity index (χ0) is 22.7. The number of aromatic nitrogens is 2. The van der Waals surface area contributed by atoms with Crippen molar-refractivity contribution in [3.05, 3.63) is 59.5 Å². The van der Waals surface area contributed by atoms with Crippen LogP contribution in [0.4, 0.5) is 0 Å². The molecule has 1 N–H and O–H groups in total. The SMILES string of the molecule is COc1ccc2c3c(n(C)c2c1)[C@@H](CO)N(S(C)(=O)=O)CC31CN(Cc2cccnc2)C1. The smallest absolute Gasteiger partial charge is 0.211 e. The van der Waals surface area contributed by atoms with Crippen LogP contribution in [-0.2, 0) is 29.0 Å². The molecular formula is C23H28N4O4S. The van der Waals surface area contributed by atoms with E-state index in [4.69, 9.17) is 4.74 Å². The fraction of sp³-hybridized carbons (Fsp3) is 0.435. The number of ether oxygens (including phenoxy) is 1. The number of fused-ring (bicyclic) bond motifs is 4. The van der Waals surface area contributed by atoms with E-state index in [0.29, 0.717) is 6.54 Å². The number of methoxy groups -OCH3 is 1. The standard InChI is InChI=1S/C23H28N4O4S/c1-25-19-9-17(31-2)6-7-18(19)21-22(25)20(12-28)27(32(3,29)30)15-23(21)13-26(14-23)11-16-5-4-8-24-10-16/h4-10,20,28H,11-15H2,1-3H3/t20-/m1/s1. The first-order chi connectivity index (χ1) is 15.3. The van der Waals surface area contributed by atoms with E-state index in [2.05, 4.69) is 22.0 Å². The van der Waals surface area contributed by atoms with E-state index >= 15 is 0 Å². The van der Waals surface area contributed by atoms with Crippen molar-refractivity contribution in [3.8, 4) is 5.75 Å². The monoisotopic (exact) mass is 456 g/mol. The van der Waals surface area contributed by atoms with Crippen LogP contribution in [0.2, 0.25) is 0 Å². The molecule has 3 aromatic rings. The van der Waals surface area contributed by atoms with Crippen LogP contribution < -0.4 is 4.74 Å². The molecule has 32 heavy (non-hydrogen) atoms. The zero-order valence-electron chi connectivity index (χ0n) is 18.5. The maximum absolute atomic E-state index is 12.8. The fourth-order valence-corrected chi connectivity index (χ4v) is 6.70. The molecule has 8 nitrogen and oxygen atoms in total. The average Bonchev–Trinajstić information content (AvgIpc) is 3.05. The number of aliphatic hydroxyl groups excluding tert-OH is 1. The van der Waals surface area contributed by atoms with Gasteiger partial charge in [-0.15, -0.1) is 0 Å². The molecule has 9 heteroatoms. The molecular weight excluding hydrogens is 428 g/mol. The summed E-state index contributed by atoms with van der Waals surface area (Å²) >= 11 is 0. The largest absolute Gasteiger partial charge is 0.497 e. The fourth-order valence-electron chi connectivity index (χ4n) is 5.59. The van der Waals surface area contributed by atoms with Gasteiger partial charge >= 0.3 is 0 Å². The van der Waals surface area contributed by atoms with Crippen molar-refractivity contribution in [1.29, 1.82) is 0 Å². The Labute approximate surface area is 188 Å².